The first kappa shape index (κ1) is 23.9. The standard InChI is InChI=1S/C20H34FN5.HI/c1-4-5-12-25(3)15-11-23-20(22-2)24-18-9-13-26(14-10-18)19-8-6-7-17(21)16-19;/h6-8,16,18H,4-5,9-15H2,1-3H3,(H2,22,23,24);1H. The van der Waals surface area contributed by atoms with E-state index in [9.17, 15) is 4.39 Å². The Kier molecular flexibility index (Phi) is 11.7. The Morgan fingerprint density at radius 3 is 2.67 bits per heavy atom. The molecule has 1 aliphatic heterocycles. The number of piperidine rings is 1. The Bertz CT molecular complexity index is 561. The maximum atomic E-state index is 13.4. The first-order valence-corrected chi connectivity index (χ1v) is 9.78. The van der Waals surface area contributed by atoms with E-state index in [1.807, 2.05) is 13.1 Å². The van der Waals surface area contributed by atoms with Crippen LogP contribution in [0.2, 0.25) is 0 Å². The van der Waals surface area contributed by atoms with E-state index in [-0.39, 0.29) is 29.8 Å². The van der Waals surface area contributed by atoms with Gasteiger partial charge in [0.25, 0.3) is 0 Å². The number of aliphatic imine (C=N–C) groups is 1. The van der Waals surface area contributed by atoms with Crippen LogP contribution in [0.1, 0.15) is 32.6 Å². The molecule has 27 heavy (non-hydrogen) atoms. The van der Waals surface area contributed by atoms with Crippen LogP contribution in [0.4, 0.5) is 10.1 Å². The van der Waals surface area contributed by atoms with Gasteiger partial charge in [-0.15, -0.1) is 24.0 Å². The number of likely N-dealkylation sites (N-methyl/N-ethyl adjacent to an activating group) is 1. The molecule has 1 aliphatic rings. The summed E-state index contributed by atoms with van der Waals surface area (Å²) in [6.07, 6.45) is 4.52. The summed E-state index contributed by atoms with van der Waals surface area (Å²) >= 11 is 0. The van der Waals surface area contributed by atoms with E-state index in [0.29, 0.717) is 6.04 Å². The molecular formula is C20H35FIN5. The van der Waals surface area contributed by atoms with Crippen LogP contribution >= 0.6 is 24.0 Å². The van der Waals surface area contributed by atoms with Crippen LogP contribution in [-0.4, -0.2) is 63.7 Å². The molecule has 1 saturated heterocycles. The third-order valence-electron chi connectivity index (χ3n) is 4.91. The van der Waals surface area contributed by atoms with Crippen molar-refractivity contribution in [1.82, 2.24) is 15.5 Å². The fourth-order valence-electron chi connectivity index (χ4n) is 3.25. The largest absolute Gasteiger partial charge is 0.371 e. The lowest BCUT2D eigenvalue weighted by molar-refractivity contribution is 0.331. The van der Waals surface area contributed by atoms with Crippen LogP contribution in [-0.2, 0) is 0 Å². The Labute approximate surface area is 180 Å². The minimum absolute atomic E-state index is 0. The Morgan fingerprint density at radius 1 is 1.30 bits per heavy atom. The summed E-state index contributed by atoms with van der Waals surface area (Å²) < 4.78 is 13.4. The molecule has 154 valence electrons. The number of benzene rings is 1. The van der Waals surface area contributed by atoms with Gasteiger partial charge in [0, 0.05) is 45.0 Å². The molecule has 0 aromatic heterocycles. The van der Waals surface area contributed by atoms with Gasteiger partial charge in [-0.2, -0.15) is 0 Å². The highest BCUT2D eigenvalue weighted by molar-refractivity contribution is 14.0. The zero-order valence-electron chi connectivity index (χ0n) is 16.9. The molecule has 2 rings (SSSR count). The number of anilines is 1. The number of unbranched alkanes of at least 4 members (excludes halogenated alkanes) is 1. The molecule has 1 heterocycles. The Hall–Kier alpha value is -1.09. The highest BCUT2D eigenvalue weighted by atomic mass is 127. The lowest BCUT2D eigenvalue weighted by Crippen LogP contribution is -2.49. The molecule has 0 atom stereocenters. The number of nitrogens with zero attached hydrogens (tertiary/aromatic N) is 3. The van der Waals surface area contributed by atoms with Crippen molar-refractivity contribution in [2.24, 2.45) is 4.99 Å². The average molecular weight is 491 g/mol. The summed E-state index contributed by atoms with van der Waals surface area (Å²) in [5.74, 6) is 0.703. The molecule has 1 aromatic carbocycles. The molecule has 5 nitrogen and oxygen atoms in total. The fraction of sp³-hybridized carbons (Fsp3) is 0.650. The van der Waals surface area contributed by atoms with Gasteiger partial charge in [0.2, 0.25) is 0 Å². The highest BCUT2D eigenvalue weighted by Gasteiger charge is 2.20. The minimum Gasteiger partial charge on any atom is -0.371 e. The predicted octanol–water partition coefficient (Wildman–Crippen LogP) is 3.31. The van der Waals surface area contributed by atoms with Gasteiger partial charge in [-0.25, -0.2) is 4.39 Å². The van der Waals surface area contributed by atoms with Gasteiger partial charge in [0.15, 0.2) is 5.96 Å². The van der Waals surface area contributed by atoms with E-state index in [4.69, 9.17) is 0 Å². The van der Waals surface area contributed by atoms with Gasteiger partial charge in [-0.05, 0) is 51.1 Å². The summed E-state index contributed by atoms with van der Waals surface area (Å²) in [7, 11) is 3.98. The van der Waals surface area contributed by atoms with E-state index in [2.05, 4.69) is 39.4 Å². The Balaban J connectivity index is 0.00000364. The number of guanidine groups is 1. The zero-order valence-corrected chi connectivity index (χ0v) is 19.2. The first-order chi connectivity index (χ1) is 12.6. The van der Waals surface area contributed by atoms with E-state index >= 15 is 0 Å². The summed E-state index contributed by atoms with van der Waals surface area (Å²) in [5.41, 5.74) is 0.973. The number of hydrogen-bond donors (Lipinski definition) is 2. The molecular weight excluding hydrogens is 456 g/mol. The van der Waals surface area contributed by atoms with Crippen molar-refractivity contribution in [2.45, 2.75) is 38.6 Å². The average Bonchev–Trinajstić information content (AvgIpc) is 2.66. The number of halogens is 2. The van der Waals surface area contributed by atoms with Crippen LogP contribution in [0, 0.1) is 5.82 Å². The van der Waals surface area contributed by atoms with Gasteiger partial charge in [-0.1, -0.05) is 19.4 Å². The minimum atomic E-state index is -0.170. The van der Waals surface area contributed by atoms with Crippen molar-refractivity contribution < 1.29 is 4.39 Å². The topological polar surface area (TPSA) is 42.9 Å². The maximum absolute atomic E-state index is 13.4. The molecule has 0 aliphatic carbocycles. The van der Waals surface area contributed by atoms with Crippen LogP contribution in [0.25, 0.3) is 0 Å². The number of hydrogen-bond acceptors (Lipinski definition) is 3. The van der Waals surface area contributed by atoms with Crippen LogP contribution in [0.15, 0.2) is 29.3 Å². The third kappa shape index (κ3) is 8.64. The lowest BCUT2D eigenvalue weighted by Gasteiger charge is -2.34. The van der Waals surface area contributed by atoms with Crippen molar-refractivity contribution in [3.05, 3.63) is 30.1 Å². The first-order valence-electron chi connectivity index (χ1n) is 9.78. The SMILES string of the molecule is CCCCN(C)CCNC(=NC)NC1CCN(c2cccc(F)c2)CC1.I. The molecule has 0 amide bonds. The summed E-state index contributed by atoms with van der Waals surface area (Å²) in [6.45, 7) is 7.12. The van der Waals surface area contributed by atoms with Crippen LogP contribution in [0.3, 0.4) is 0 Å². The predicted molar refractivity (Wildman–Crippen MR) is 124 cm³/mol. The smallest absolute Gasteiger partial charge is 0.191 e. The van der Waals surface area contributed by atoms with E-state index < -0.39 is 0 Å². The number of rotatable bonds is 8. The monoisotopic (exact) mass is 491 g/mol. The molecule has 1 fully saturated rings. The molecule has 0 saturated carbocycles. The maximum Gasteiger partial charge on any atom is 0.191 e. The van der Waals surface area contributed by atoms with E-state index in [1.165, 1.54) is 18.9 Å². The van der Waals surface area contributed by atoms with Crippen LogP contribution in [0.5, 0.6) is 0 Å². The van der Waals surface area contributed by atoms with Crippen molar-refractivity contribution in [3.63, 3.8) is 0 Å². The second kappa shape index (κ2) is 13.1. The quantitative estimate of drug-likeness (QED) is 0.333. The van der Waals surface area contributed by atoms with Gasteiger partial charge in [0.1, 0.15) is 5.82 Å². The van der Waals surface area contributed by atoms with Crippen molar-refractivity contribution in [1.29, 1.82) is 0 Å². The van der Waals surface area contributed by atoms with Crippen LogP contribution < -0.4 is 15.5 Å². The Morgan fingerprint density at radius 2 is 2.04 bits per heavy atom. The molecule has 0 radical (unpaired) electrons. The molecule has 0 unspecified atom stereocenters. The van der Waals surface area contributed by atoms with Gasteiger partial charge in [0.05, 0.1) is 0 Å². The van der Waals surface area contributed by atoms with E-state index in [0.717, 1.165) is 57.2 Å². The fourth-order valence-corrected chi connectivity index (χ4v) is 3.25. The molecule has 7 heteroatoms. The molecule has 0 bridgehead atoms. The van der Waals surface area contributed by atoms with E-state index in [1.54, 1.807) is 12.1 Å². The van der Waals surface area contributed by atoms with Crippen molar-refractivity contribution in [3.8, 4) is 0 Å². The normalized spacial score (nSPS) is 15.6. The third-order valence-corrected chi connectivity index (χ3v) is 4.91. The lowest BCUT2D eigenvalue weighted by atomic mass is 10.0. The van der Waals surface area contributed by atoms with Crippen molar-refractivity contribution >= 4 is 35.6 Å². The molecule has 0 spiro atoms. The van der Waals surface area contributed by atoms with Gasteiger partial charge < -0.3 is 20.4 Å². The second-order valence-corrected chi connectivity index (χ2v) is 7.04. The van der Waals surface area contributed by atoms with Crippen molar-refractivity contribution in [2.75, 3.05) is 51.7 Å². The van der Waals surface area contributed by atoms with Gasteiger partial charge in [-0.3, -0.25) is 4.99 Å². The molecule has 1 aromatic rings. The summed E-state index contributed by atoms with van der Waals surface area (Å²) in [4.78, 5) is 8.94. The molecule has 2 N–H and O–H groups in total. The summed E-state index contributed by atoms with van der Waals surface area (Å²) in [5, 5.41) is 6.93. The van der Waals surface area contributed by atoms with Gasteiger partial charge >= 0.3 is 0 Å². The summed E-state index contributed by atoms with van der Waals surface area (Å²) in [6, 6.07) is 7.27. The number of nitrogens with one attached hydrogen (secondary N) is 2. The second-order valence-electron chi connectivity index (χ2n) is 7.04. The highest BCUT2D eigenvalue weighted by Crippen LogP contribution is 2.20. The zero-order chi connectivity index (χ0) is 18.8.